The molecule has 1 aliphatic carbocycles. The zero-order valence-electron chi connectivity index (χ0n) is 22.5. The van der Waals surface area contributed by atoms with Gasteiger partial charge < -0.3 is 19.9 Å². The second-order valence-electron chi connectivity index (χ2n) is 11.2. The van der Waals surface area contributed by atoms with Gasteiger partial charge in [-0.3, -0.25) is 9.36 Å². The van der Waals surface area contributed by atoms with Crippen LogP contribution >= 0.6 is 11.6 Å². The highest BCUT2D eigenvalue weighted by molar-refractivity contribution is 6.33. The summed E-state index contributed by atoms with van der Waals surface area (Å²) < 4.78 is 7.34. The third kappa shape index (κ3) is 5.57. The van der Waals surface area contributed by atoms with E-state index < -0.39 is 5.60 Å². The molecule has 38 heavy (non-hydrogen) atoms. The predicted molar refractivity (Wildman–Crippen MR) is 151 cm³/mol. The van der Waals surface area contributed by atoms with E-state index in [0.29, 0.717) is 42.8 Å². The van der Waals surface area contributed by atoms with Crippen LogP contribution in [0.25, 0.3) is 11.0 Å². The number of benzene rings is 1. The van der Waals surface area contributed by atoms with Crippen LogP contribution in [0, 0.1) is 6.92 Å². The molecule has 10 heteroatoms. The van der Waals surface area contributed by atoms with Crippen LogP contribution in [0.2, 0.25) is 5.02 Å². The van der Waals surface area contributed by atoms with E-state index in [2.05, 4.69) is 15.2 Å². The second kappa shape index (κ2) is 10.4. The van der Waals surface area contributed by atoms with E-state index in [1.807, 2.05) is 50.5 Å². The summed E-state index contributed by atoms with van der Waals surface area (Å²) in [7, 11) is 0. The Labute approximate surface area is 227 Å². The number of carbonyl (C=O) groups excluding carboxylic acids is 1. The van der Waals surface area contributed by atoms with Crippen molar-refractivity contribution in [3.8, 4) is 0 Å². The molecule has 2 aromatic heterocycles. The smallest absolute Gasteiger partial charge is 0.410 e. The van der Waals surface area contributed by atoms with Crippen LogP contribution in [-0.2, 0) is 4.74 Å². The normalized spacial score (nSPS) is 16.8. The molecule has 5 rings (SSSR count). The van der Waals surface area contributed by atoms with Crippen molar-refractivity contribution in [2.75, 3.05) is 36.4 Å². The first kappa shape index (κ1) is 26.3. The number of halogens is 1. The van der Waals surface area contributed by atoms with Gasteiger partial charge in [-0.05, 0) is 64.3 Å². The minimum Gasteiger partial charge on any atom is -0.444 e. The Bertz CT molecular complexity index is 1400. The van der Waals surface area contributed by atoms with Gasteiger partial charge in [-0.15, -0.1) is 0 Å². The number of fused-ring (bicyclic) bond motifs is 1. The summed E-state index contributed by atoms with van der Waals surface area (Å²) in [6.45, 7) is 10.00. The van der Waals surface area contributed by atoms with Gasteiger partial charge in [0.2, 0.25) is 5.95 Å². The molecule has 1 aromatic carbocycles. The van der Waals surface area contributed by atoms with Crippen molar-refractivity contribution < 1.29 is 9.53 Å². The van der Waals surface area contributed by atoms with E-state index in [9.17, 15) is 9.59 Å². The molecule has 1 saturated heterocycles. The van der Waals surface area contributed by atoms with Crippen LogP contribution < -0.4 is 15.8 Å². The molecule has 9 nitrogen and oxygen atoms in total. The number of ether oxygens (including phenoxy) is 1. The highest BCUT2D eigenvalue weighted by Crippen LogP contribution is 2.33. The number of aromatic nitrogens is 3. The Balaban J connectivity index is 1.31. The largest absolute Gasteiger partial charge is 0.444 e. The van der Waals surface area contributed by atoms with Gasteiger partial charge in [0.25, 0.3) is 5.56 Å². The van der Waals surface area contributed by atoms with Crippen molar-refractivity contribution >= 4 is 46.1 Å². The average Bonchev–Trinajstić information content (AvgIpc) is 3.37. The average molecular weight is 539 g/mol. The molecular weight excluding hydrogens is 504 g/mol. The summed E-state index contributed by atoms with van der Waals surface area (Å²) in [6.07, 6.45) is 5.74. The van der Waals surface area contributed by atoms with Crippen LogP contribution in [0.4, 0.5) is 22.1 Å². The number of rotatable bonds is 4. The van der Waals surface area contributed by atoms with Crippen LogP contribution in [0.1, 0.15) is 58.1 Å². The number of amides is 1. The maximum Gasteiger partial charge on any atom is 0.410 e. The number of nitrogens with zero attached hydrogens (tertiary/aromatic N) is 5. The quantitative estimate of drug-likeness (QED) is 0.457. The SMILES string of the molecule is Cc1cc(=O)n(C2CCCC2)c2nc(Nc3ccc(N4CCN(C(=O)OC(C)(C)C)CC4)c(Cl)c3)ncc12. The molecule has 0 radical (unpaired) electrons. The van der Waals surface area contributed by atoms with E-state index >= 15 is 0 Å². The van der Waals surface area contributed by atoms with Crippen LogP contribution in [-0.4, -0.2) is 57.3 Å². The Hall–Kier alpha value is -3.33. The Kier molecular flexibility index (Phi) is 7.22. The van der Waals surface area contributed by atoms with Crippen molar-refractivity contribution in [1.82, 2.24) is 19.4 Å². The van der Waals surface area contributed by atoms with Crippen molar-refractivity contribution in [1.29, 1.82) is 0 Å². The molecule has 0 spiro atoms. The van der Waals surface area contributed by atoms with Crippen molar-refractivity contribution in [2.45, 2.75) is 65.0 Å². The summed E-state index contributed by atoms with van der Waals surface area (Å²) in [5, 5.41) is 4.74. The lowest BCUT2D eigenvalue weighted by molar-refractivity contribution is 0.0240. The summed E-state index contributed by atoms with van der Waals surface area (Å²) >= 11 is 6.69. The van der Waals surface area contributed by atoms with Crippen LogP contribution in [0.3, 0.4) is 0 Å². The lowest BCUT2D eigenvalue weighted by Gasteiger charge is -2.37. The molecule has 1 aliphatic heterocycles. The molecule has 3 aromatic rings. The van der Waals surface area contributed by atoms with E-state index in [1.54, 1.807) is 17.2 Å². The number of hydrogen-bond donors (Lipinski definition) is 1. The highest BCUT2D eigenvalue weighted by Gasteiger charge is 2.27. The molecule has 0 unspecified atom stereocenters. The lowest BCUT2D eigenvalue weighted by atomic mass is 10.1. The van der Waals surface area contributed by atoms with E-state index in [4.69, 9.17) is 21.3 Å². The van der Waals surface area contributed by atoms with Gasteiger partial charge in [0.05, 0.1) is 10.7 Å². The number of nitrogens with one attached hydrogen (secondary N) is 1. The maximum absolute atomic E-state index is 12.9. The minimum atomic E-state index is -0.512. The summed E-state index contributed by atoms with van der Waals surface area (Å²) in [5.74, 6) is 0.420. The summed E-state index contributed by atoms with van der Waals surface area (Å²) in [6, 6.07) is 7.62. The molecule has 1 amide bonds. The van der Waals surface area contributed by atoms with Crippen LogP contribution in [0.5, 0.6) is 0 Å². The Morgan fingerprint density at radius 2 is 1.82 bits per heavy atom. The fourth-order valence-corrected chi connectivity index (χ4v) is 5.57. The molecule has 2 aliphatic rings. The number of piperazine rings is 1. The van der Waals surface area contributed by atoms with Gasteiger partial charge >= 0.3 is 6.09 Å². The molecule has 0 atom stereocenters. The summed E-state index contributed by atoms with van der Waals surface area (Å²) in [5.41, 5.74) is 2.70. The van der Waals surface area contributed by atoms with E-state index in [1.165, 1.54) is 0 Å². The first-order chi connectivity index (χ1) is 18.1. The van der Waals surface area contributed by atoms with Gasteiger partial charge in [-0.2, -0.15) is 4.98 Å². The number of pyridine rings is 1. The number of anilines is 3. The third-order valence-corrected chi connectivity index (χ3v) is 7.47. The molecule has 3 heterocycles. The molecule has 0 bridgehead atoms. The molecule has 1 N–H and O–H groups in total. The first-order valence-electron chi connectivity index (χ1n) is 13.3. The predicted octanol–water partition coefficient (Wildman–Crippen LogP) is 5.67. The molecule has 1 saturated carbocycles. The van der Waals surface area contributed by atoms with Crippen LogP contribution in [0.15, 0.2) is 35.3 Å². The zero-order valence-corrected chi connectivity index (χ0v) is 23.2. The zero-order chi connectivity index (χ0) is 27.0. The van der Waals surface area contributed by atoms with Gasteiger partial charge in [-0.25, -0.2) is 9.78 Å². The van der Waals surface area contributed by atoms with Gasteiger partial charge in [0, 0.05) is 55.6 Å². The fourth-order valence-electron chi connectivity index (χ4n) is 5.27. The minimum absolute atomic E-state index is 0.00860. The van der Waals surface area contributed by atoms with E-state index in [0.717, 1.165) is 48.0 Å². The second-order valence-corrected chi connectivity index (χ2v) is 11.6. The number of hydrogen-bond acceptors (Lipinski definition) is 7. The van der Waals surface area contributed by atoms with E-state index in [-0.39, 0.29) is 17.7 Å². The maximum atomic E-state index is 12.9. The standard InChI is InChI=1S/C28H35ClN6O3/c1-18-15-24(36)35(20-7-5-6-8-20)25-21(18)17-30-26(32-25)31-19-9-10-23(22(29)16-19)33-11-13-34(14-12-33)27(37)38-28(2,3)4/h9-10,15-17,20H,5-8,11-14H2,1-4H3,(H,30,31,32). The van der Waals surface area contributed by atoms with Gasteiger partial charge in [0.1, 0.15) is 11.2 Å². The first-order valence-corrected chi connectivity index (χ1v) is 13.7. The Morgan fingerprint density at radius 1 is 1.11 bits per heavy atom. The molecular formula is C28H35ClN6O3. The molecule has 2 fully saturated rings. The number of carbonyl (C=O) groups is 1. The van der Waals surface area contributed by atoms with Crippen molar-refractivity contribution in [2.24, 2.45) is 0 Å². The fraction of sp³-hybridized carbons (Fsp3) is 0.500. The van der Waals surface area contributed by atoms with Crippen molar-refractivity contribution in [3.05, 3.63) is 51.4 Å². The third-order valence-electron chi connectivity index (χ3n) is 7.16. The highest BCUT2D eigenvalue weighted by atomic mass is 35.5. The topological polar surface area (TPSA) is 92.6 Å². The van der Waals surface area contributed by atoms with Crippen molar-refractivity contribution in [3.63, 3.8) is 0 Å². The number of aryl methyl sites for hydroxylation is 1. The van der Waals surface area contributed by atoms with Gasteiger partial charge in [-0.1, -0.05) is 24.4 Å². The van der Waals surface area contributed by atoms with Gasteiger partial charge in [0.15, 0.2) is 0 Å². The Morgan fingerprint density at radius 3 is 2.47 bits per heavy atom. The molecule has 202 valence electrons. The summed E-state index contributed by atoms with van der Waals surface area (Å²) in [4.78, 5) is 38.4. The monoisotopic (exact) mass is 538 g/mol. The lowest BCUT2D eigenvalue weighted by Crippen LogP contribution is -2.50.